The highest BCUT2D eigenvalue weighted by Gasteiger charge is 2.07. The Morgan fingerprint density at radius 1 is 1.20 bits per heavy atom. The normalized spacial score (nSPS) is 12.6. The largest absolute Gasteiger partial charge is 0.469 e. The molecule has 1 unspecified atom stereocenters. The fraction of sp³-hybridized carbons (Fsp3) is 0.250. The van der Waals surface area contributed by atoms with E-state index in [4.69, 9.17) is 10.2 Å². The number of pyridine rings is 1. The first-order valence-corrected chi connectivity index (χ1v) is 5.02. The third kappa shape index (κ3) is 2.92. The van der Waals surface area contributed by atoms with Gasteiger partial charge in [0.1, 0.15) is 5.76 Å². The molecule has 0 aliphatic heterocycles. The first-order chi connectivity index (χ1) is 7.34. The lowest BCUT2D eigenvalue weighted by molar-refractivity contribution is 0.482. The molecule has 0 saturated heterocycles. The fourth-order valence-corrected chi connectivity index (χ4v) is 1.55. The maximum atomic E-state index is 6.00. The predicted molar refractivity (Wildman–Crippen MR) is 58.3 cm³/mol. The highest BCUT2D eigenvalue weighted by atomic mass is 16.3. The van der Waals surface area contributed by atoms with Gasteiger partial charge in [0.05, 0.1) is 6.26 Å². The third-order valence-electron chi connectivity index (χ3n) is 2.24. The molecule has 0 fully saturated rings. The van der Waals surface area contributed by atoms with E-state index in [9.17, 15) is 0 Å². The van der Waals surface area contributed by atoms with Crippen molar-refractivity contribution in [2.75, 3.05) is 0 Å². The van der Waals surface area contributed by atoms with Crippen LogP contribution in [0.2, 0.25) is 0 Å². The SMILES string of the molecule is NC(Cc1ccccn1)Cc1ccco1. The van der Waals surface area contributed by atoms with Gasteiger partial charge in [-0.1, -0.05) is 6.07 Å². The minimum atomic E-state index is 0.0612. The lowest BCUT2D eigenvalue weighted by Gasteiger charge is -2.08. The van der Waals surface area contributed by atoms with Crippen LogP contribution in [-0.2, 0) is 12.8 Å². The molecule has 78 valence electrons. The number of nitrogens with two attached hydrogens (primary N) is 1. The molecule has 2 heterocycles. The number of aromatic nitrogens is 1. The topological polar surface area (TPSA) is 52.0 Å². The summed E-state index contributed by atoms with van der Waals surface area (Å²) in [6.45, 7) is 0. The first-order valence-electron chi connectivity index (χ1n) is 5.02. The molecule has 2 N–H and O–H groups in total. The zero-order valence-corrected chi connectivity index (χ0v) is 8.47. The summed E-state index contributed by atoms with van der Waals surface area (Å²) < 4.78 is 5.24. The lowest BCUT2D eigenvalue weighted by atomic mass is 10.1. The summed E-state index contributed by atoms with van der Waals surface area (Å²) in [7, 11) is 0. The molecule has 0 aromatic carbocycles. The number of furan rings is 1. The van der Waals surface area contributed by atoms with Crippen LogP contribution in [-0.4, -0.2) is 11.0 Å². The highest BCUT2D eigenvalue weighted by molar-refractivity contribution is 5.07. The molecule has 0 saturated carbocycles. The van der Waals surface area contributed by atoms with Gasteiger partial charge in [0, 0.05) is 30.8 Å². The molecule has 0 aliphatic rings. The summed E-state index contributed by atoms with van der Waals surface area (Å²) in [4.78, 5) is 4.24. The van der Waals surface area contributed by atoms with E-state index in [0.717, 1.165) is 24.3 Å². The van der Waals surface area contributed by atoms with Crippen molar-refractivity contribution in [3.63, 3.8) is 0 Å². The minimum Gasteiger partial charge on any atom is -0.469 e. The fourth-order valence-electron chi connectivity index (χ4n) is 1.55. The summed E-state index contributed by atoms with van der Waals surface area (Å²) in [5.74, 6) is 0.929. The van der Waals surface area contributed by atoms with E-state index < -0.39 is 0 Å². The molecule has 0 spiro atoms. The third-order valence-corrected chi connectivity index (χ3v) is 2.24. The molecular weight excluding hydrogens is 188 g/mol. The predicted octanol–water partition coefficient (Wildman–Crippen LogP) is 1.79. The molecule has 2 aromatic rings. The molecule has 3 heteroatoms. The van der Waals surface area contributed by atoms with Crippen LogP contribution in [0.1, 0.15) is 11.5 Å². The second kappa shape index (κ2) is 4.75. The van der Waals surface area contributed by atoms with E-state index in [1.165, 1.54) is 0 Å². The van der Waals surface area contributed by atoms with Gasteiger partial charge in [-0.25, -0.2) is 0 Å². The van der Waals surface area contributed by atoms with Crippen molar-refractivity contribution < 1.29 is 4.42 Å². The second-order valence-corrected chi connectivity index (χ2v) is 3.57. The molecule has 15 heavy (non-hydrogen) atoms. The van der Waals surface area contributed by atoms with Crippen LogP contribution in [0, 0.1) is 0 Å². The summed E-state index contributed by atoms with van der Waals surface area (Å²) >= 11 is 0. The van der Waals surface area contributed by atoms with Gasteiger partial charge < -0.3 is 10.2 Å². The second-order valence-electron chi connectivity index (χ2n) is 3.57. The van der Waals surface area contributed by atoms with Crippen LogP contribution in [0.25, 0.3) is 0 Å². The van der Waals surface area contributed by atoms with Gasteiger partial charge >= 0.3 is 0 Å². The molecular formula is C12H14N2O. The molecule has 0 bridgehead atoms. The summed E-state index contributed by atoms with van der Waals surface area (Å²) in [6.07, 6.45) is 4.99. The molecule has 2 aromatic heterocycles. The molecule has 0 radical (unpaired) electrons. The standard InChI is InChI=1S/C12H14N2O/c13-10(9-12-5-3-7-15-12)8-11-4-1-2-6-14-11/h1-7,10H,8-9,13H2. The number of rotatable bonds is 4. The van der Waals surface area contributed by atoms with E-state index in [1.54, 1.807) is 12.5 Å². The van der Waals surface area contributed by atoms with Crippen molar-refractivity contribution in [2.45, 2.75) is 18.9 Å². The van der Waals surface area contributed by atoms with E-state index in [1.807, 2.05) is 30.3 Å². The Labute approximate surface area is 88.9 Å². The summed E-state index contributed by atoms with van der Waals surface area (Å²) in [5.41, 5.74) is 7.02. The lowest BCUT2D eigenvalue weighted by Crippen LogP contribution is -2.25. The Balaban J connectivity index is 1.90. The number of nitrogens with zero attached hydrogens (tertiary/aromatic N) is 1. The zero-order chi connectivity index (χ0) is 10.5. The monoisotopic (exact) mass is 202 g/mol. The van der Waals surface area contributed by atoms with Crippen LogP contribution in [0.5, 0.6) is 0 Å². The van der Waals surface area contributed by atoms with Crippen LogP contribution in [0.15, 0.2) is 47.2 Å². The molecule has 0 amide bonds. The Morgan fingerprint density at radius 3 is 2.80 bits per heavy atom. The molecule has 2 rings (SSSR count). The maximum Gasteiger partial charge on any atom is 0.105 e. The first kappa shape index (κ1) is 9.93. The van der Waals surface area contributed by atoms with Gasteiger partial charge in [0.15, 0.2) is 0 Å². The van der Waals surface area contributed by atoms with Crippen molar-refractivity contribution >= 4 is 0 Å². The average Bonchev–Trinajstić information content (AvgIpc) is 2.71. The van der Waals surface area contributed by atoms with Crippen molar-refractivity contribution in [1.29, 1.82) is 0 Å². The smallest absolute Gasteiger partial charge is 0.105 e. The number of hydrogen-bond acceptors (Lipinski definition) is 3. The van der Waals surface area contributed by atoms with Gasteiger partial charge in [-0.05, 0) is 24.3 Å². The van der Waals surface area contributed by atoms with Crippen molar-refractivity contribution in [3.8, 4) is 0 Å². The van der Waals surface area contributed by atoms with Crippen molar-refractivity contribution in [1.82, 2.24) is 4.98 Å². The van der Waals surface area contributed by atoms with Crippen LogP contribution in [0.4, 0.5) is 0 Å². The Bertz CT molecular complexity index is 383. The maximum absolute atomic E-state index is 6.00. The summed E-state index contributed by atoms with van der Waals surface area (Å²) in [5, 5.41) is 0. The number of hydrogen-bond donors (Lipinski definition) is 1. The van der Waals surface area contributed by atoms with Gasteiger partial charge in [0.25, 0.3) is 0 Å². The van der Waals surface area contributed by atoms with Gasteiger partial charge in [0.2, 0.25) is 0 Å². The van der Waals surface area contributed by atoms with Gasteiger partial charge in [-0.2, -0.15) is 0 Å². The van der Waals surface area contributed by atoms with Crippen LogP contribution < -0.4 is 5.73 Å². The Kier molecular flexibility index (Phi) is 3.15. The highest BCUT2D eigenvalue weighted by Crippen LogP contribution is 2.06. The average molecular weight is 202 g/mol. The quantitative estimate of drug-likeness (QED) is 0.822. The van der Waals surface area contributed by atoms with Gasteiger partial charge in [-0.3, -0.25) is 4.98 Å². The van der Waals surface area contributed by atoms with Crippen molar-refractivity contribution in [2.24, 2.45) is 5.73 Å². The molecule has 0 aliphatic carbocycles. The van der Waals surface area contributed by atoms with Crippen LogP contribution in [0.3, 0.4) is 0 Å². The van der Waals surface area contributed by atoms with E-state index >= 15 is 0 Å². The van der Waals surface area contributed by atoms with Crippen molar-refractivity contribution in [3.05, 3.63) is 54.2 Å². The summed E-state index contributed by atoms with van der Waals surface area (Å²) in [6, 6.07) is 9.75. The van der Waals surface area contributed by atoms with E-state index in [2.05, 4.69) is 4.98 Å². The van der Waals surface area contributed by atoms with Crippen LogP contribution >= 0.6 is 0 Å². The van der Waals surface area contributed by atoms with Gasteiger partial charge in [-0.15, -0.1) is 0 Å². The Hall–Kier alpha value is -1.61. The molecule has 1 atom stereocenters. The van der Waals surface area contributed by atoms with E-state index in [-0.39, 0.29) is 6.04 Å². The Morgan fingerprint density at radius 2 is 2.13 bits per heavy atom. The minimum absolute atomic E-state index is 0.0612. The molecule has 3 nitrogen and oxygen atoms in total. The zero-order valence-electron chi connectivity index (χ0n) is 8.47. The van der Waals surface area contributed by atoms with E-state index in [0.29, 0.717) is 0 Å².